The number of fused-ring (bicyclic) bond motifs is 3. The van der Waals surface area contributed by atoms with Gasteiger partial charge in [0.25, 0.3) is 0 Å². The first kappa shape index (κ1) is 17.3. The summed E-state index contributed by atoms with van der Waals surface area (Å²) >= 11 is 0. The third-order valence-electron chi connectivity index (χ3n) is 5.36. The number of unbranched alkanes of at least 4 members (excludes halogenated alkanes) is 3. The van der Waals surface area contributed by atoms with Crippen LogP contribution in [0.1, 0.15) is 61.3 Å². The molecule has 1 unspecified atom stereocenters. The van der Waals surface area contributed by atoms with Gasteiger partial charge in [-0.1, -0.05) is 6.42 Å². The fraction of sp³-hybridized carbons (Fsp3) is 0.500. The maximum absolute atomic E-state index is 11.9. The van der Waals surface area contributed by atoms with Crippen molar-refractivity contribution in [2.45, 2.75) is 57.3 Å². The molecule has 1 atom stereocenters. The molecule has 3 N–H and O–H groups in total. The molecule has 1 aliphatic rings. The number of hydrogen-bond acceptors (Lipinski definition) is 3. The number of nitrogens with zero attached hydrogens (tertiary/aromatic N) is 2. The van der Waals surface area contributed by atoms with Crippen LogP contribution in [0.2, 0.25) is 0 Å². The Hall–Kier alpha value is -2.48. The number of primary amides is 1. The summed E-state index contributed by atoms with van der Waals surface area (Å²) in [5.74, 6) is -0.376. The van der Waals surface area contributed by atoms with E-state index >= 15 is 0 Å². The number of rotatable bonds is 6. The van der Waals surface area contributed by atoms with Crippen LogP contribution in [0.4, 0.5) is 0 Å². The molecule has 2 aromatic rings. The highest BCUT2D eigenvalue weighted by Gasteiger charge is 2.31. The first-order valence-electron chi connectivity index (χ1n) is 9.04. The first-order chi connectivity index (χ1) is 12.0. The van der Waals surface area contributed by atoms with Gasteiger partial charge in [-0.05, 0) is 61.8 Å². The lowest BCUT2D eigenvalue weighted by molar-refractivity contribution is -0.119. The number of benzene rings is 1. The average Bonchev–Trinajstić information content (AvgIpc) is 2.88. The highest BCUT2D eigenvalue weighted by Crippen LogP contribution is 2.42. The van der Waals surface area contributed by atoms with E-state index in [1.807, 2.05) is 13.1 Å². The van der Waals surface area contributed by atoms with Crippen LogP contribution in [0.3, 0.4) is 0 Å². The topological polar surface area (TPSA) is 92.0 Å². The fourth-order valence-electron chi connectivity index (χ4n) is 4.11. The summed E-state index contributed by atoms with van der Waals surface area (Å²) in [5.41, 5.74) is 9.73. The monoisotopic (exact) mass is 339 g/mol. The van der Waals surface area contributed by atoms with Crippen molar-refractivity contribution >= 4 is 16.8 Å². The lowest BCUT2D eigenvalue weighted by Crippen LogP contribution is -2.25. The van der Waals surface area contributed by atoms with Crippen LogP contribution in [0.5, 0.6) is 5.75 Å². The summed E-state index contributed by atoms with van der Waals surface area (Å²) < 4.78 is 2.11. The highest BCUT2D eigenvalue weighted by molar-refractivity contribution is 5.97. The molecule has 0 fully saturated rings. The number of carbonyl (C=O) groups is 1. The summed E-state index contributed by atoms with van der Waals surface area (Å²) in [6, 6.07) is 6.11. The summed E-state index contributed by atoms with van der Waals surface area (Å²) in [5, 5.41) is 20.0. The van der Waals surface area contributed by atoms with E-state index in [1.54, 1.807) is 0 Å². The molecule has 5 heteroatoms. The second-order valence-electron chi connectivity index (χ2n) is 6.99. The van der Waals surface area contributed by atoms with Gasteiger partial charge in [0.2, 0.25) is 5.91 Å². The zero-order valence-corrected chi connectivity index (χ0v) is 14.7. The maximum Gasteiger partial charge on any atom is 0.225 e. The zero-order chi connectivity index (χ0) is 18.0. The number of aromatic nitrogens is 1. The molecule has 132 valence electrons. The number of aromatic hydroxyl groups is 1. The van der Waals surface area contributed by atoms with Crippen molar-refractivity contribution in [2.75, 3.05) is 0 Å². The molecule has 0 saturated heterocycles. The Morgan fingerprint density at radius 2 is 2.20 bits per heavy atom. The standard InChI is InChI=1S/C20H25N3O2/c1-23-15-9-6-8-14(20(22)25)18(15)19-16(23)11-13(12-17(19)24)7-4-2-3-5-10-21/h11-12,14,24H,2-9H2,1H3,(H2,22,25). The number of aryl methyl sites for hydroxylation is 2. The molecular formula is C20H25N3O2. The number of nitrogens with two attached hydrogens (primary N) is 1. The smallest absolute Gasteiger partial charge is 0.225 e. The van der Waals surface area contributed by atoms with Gasteiger partial charge in [-0.15, -0.1) is 0 Å². The van der Waals surface area contributed by atoms with Gasteiger partial charge in [0.05, 0.1) is 17.5 Å². The normalized spacial score (nSPS) is 16.6. The number of amides is 1. The van der Waals surface area contributed by atoms with Crippen LogP contribution in [-0.4, -0.2) is 15.6 Å². The van der Waals surface area contributed by atoms with E-state index in [4.69, 9.17) is 11.0 Å². The summed E-state index contributed by atoms with van der Waals surface area (Å²) in [4.78, 5) is 11.9. The third kappa shape index (κ3) is 3.21. The molecule has 1 aromatic heterocycles. The van der Waals surface area contributed by atoms with Crippen LogP contribution >= 0.6 is 0 Å². The molecule has 0 saturated carbocycles. The van der Waals surface area contributed by atoms with E-state index in [2.05, 4.69) is 16.7 Å². The van der Waals surface area contributed by atoms with Gasteiger partial charge in [0.15, 0.2) is 0 Å². The van der Waals surface area contributed by atoms with Crippen LogP contribution in [0.25, 0.3) is 10.9 Å². The van der Waals surface area contributed by atoms with Crippen molar-refractivity contribution in [2.24, 2.45) is 12.8 Å². The van der Waals surface area contributed by atoms with Gasteiger partial charge in [-0.2, -0.15) is 5.26 Å². The van der Waals surface area contributed by atoms with Crippen LogP contribution in [0.15, 0.2) is 12.1 Å². The molecule has 1 amide bonds. The van der Waals surface area contributed by atoms with Gasteiger partial charge < -0.3 is 15.4 Å². The molecule has 0 radical (unpaired) electrons. The molecule has 0 aliphatic heterocycles. The van der Waals surface area contributed by atoms with Crippen molar-refractivity contribution in [1.29, 1.82) is 5.26 Å². The van der Waals surface area contributed by atoms with Gasteiger partial charge in [0, 0.05) is 24.5 Å². The van der Waals surface area contributed by atoms with Crippen molar-refractivity contribution in [3.63, 3.8) is 0 Å². The average molecular weight is 339 g/mol. The van der Waals surface area contributed by atoms with Crippen molar-refractivity contribution < 1.29 is 9.90 Å². The van der Waals surface area contributed by atoms with E-state index in [9.17, 15) is 9.90 Å². The zero-order valence-electron chi connectivity index (χ0n) is 14.7. The van der Waals surface area contributed by atoms with Crippen LogP contribution < -0.4 is 5.73 Å². The first-order valence-corrected chi connectivity index (χ1v) is 9.04. The van der Waals surface area contributed by atoms with E-state index in [0.717, 1.165) is 72.7 Å². The second-order valence-corrected chi connectivity index (χ2v) is 6.99. The highest BCUT2D eigenvalue weighted by atomic mass is 16.3. The second kappa shape index (κ2) is 7.18. The molecule has 5 nitrogen and oxygen atoms in total. The molecule has 25 heavy (non-hydrogen) atoms. The number of carbonyl (C=O) groups excluding carboxylic acids is 1. The summed E-state index contributed by atoms with van der Waals surface area (Å²) in [6.45, 7) is 0. The van der Waals surface area contributed by atoms with Crippen LogP contribution in [-0.2, 0) is 24.7 Å². The Kier molecular flexibility index (Phi) is 4.98. The minimum absolute atomic E-state index is 0.245. The Bertz CT molecular complexity index is 845. The molecule has 1 aliphatic carbocycles. The lowest BCUT2D eigenvalue weighted by Gasteiger charge is -2.21. The van der Waals surface area contributed by atoms with Gasteiger partial charge in [-0.25, -0.2) is 0 Å². The van der Waals surface area contributed by atoms with Crippen LogP contribution in [0, 0.1) is 11.3 Å². The lowest BCUT2D eigenvalue weighted by atomic mass is 9.84. The largest absolute Gasteiger partial charge is 0.507 e. The minimum Gasteiger partial charge on any atom is -0.507 e. The quantitative estimate of drug-likeness (QED) is 0.790. The van der Waals surface area contributed by atoms with Crippen molar-refractivity contribution in [1.82, 2.24) is 4.57 Å². The van der Waals surface area contributed by atoms with E-state index < -0.39 is 0 Å². The third-order valence-corrected chi connectivity index (χ3v) is 5.36. The van der Waals surface area contributed by atoms with E-state index in [-0.39, 0.29) is 17.6 Å². The molecule has 1 aromatic carbocycles. The molecule has 0 spiro atoms. The Morgan fingerprint density at radius 1 is 1.40 bits per heavy atom. The number of nitriles is 1. The molecule has 0 bridgehead atoms. The molecular weight excluding hydrogens is 314 g/mol. The Balaban J connectivity index is 1.95. The summed E-state index contributed by atoms with van der Waals surface area (Å²) in [7, 11) is 2.00. The predicted molar refractivity (Wildman–Crippen MR) is 97.2 cm³/mol. The molecule has 1 heterocycles. The van der Waals surface area contributed by atoms with Gasteiger partial charge >= 0.3 is 0 Å². The summed E-state index contributed by atoms with van der Waals surface area (Å²) in [6.07, 6.45) is 7.02. The number of phenols is 1. The van der Waals surface area contributed by atoms with Crippen molar-refractivity contribution in [3.05, 3.63) is 29.0 Å². The number of hydrogen-bond donors (Lipinski definition) is 2. The molecule has 3 rings (SSSR count). The van der Waals surface area contributed by atoms with E-state index in [1.165, 1.54) is 0 Å². The van der Waals surface area contributed by atoms with Crippen molar-refractivity contribution in [3.8, 4) is 11.8 Å². The SMILES string of the molecule is Cn1c2c(c3c(O)cc(CCCCCC#N)cc31)C(C(N)=O)CCC2. The fourth-order valence-corrected chi connectivity index (χ4v) is 4.11. The Labute approximate surface area is 148 Å². The number of phenolic OH excluding ortho intramolecular Hbond substituents is 1. The Morgan fingerprint density at radius 3 is 2.92 bits per heavy atom. The minimum atomic E-state index is -0.311. The predicted octanol–water partition coefficient (Wildman–Crippen LogP) is 3.42. The van der Waals surface area contributed by atoms with Gasteiger partial charge in [0.1, 0.15) is 5.75 Å². The van der Waals surface area contributed by atoms with E-state index in [0.29, 0.717) is 6.42 Å². The maximum atomic E-state index is 11.9. The van der Waals surface area contributed by atoms with Gasteiger partial charge in [-0.3, -0.25) is 4.79 Å².